The fraction of sp³-hybridized carbons (Fsp3) is 0.286. The number of aromatic nitrogens is 2. The number of halogens is 2. The highest BCUT2D eigenvalue weighted by Crippen LogP contribution is 2.26. The van der Waals surface area contributed by atoms with Gasteiger partial charge in [0.05, 0.1) is 10.0 Å². The fourth-order valence-corrected chi connectivity index (χ4v) is 2.83. The molecule has 1 aliphatic rings. The van der Waals surface area contributed by atoms with E-state index < -0.39 is 0 Å². The second kappa shape index (κ2) is 5.85. The van der Waals surface area contributed by atoms with Crippen molar-refractivity contribution in [1.29, 1.82) is 0 Å². The van der Waals surface area contributed by atoms with Gasteiger partial charge in [-0.05, 0) is 24.3 Å². The average Bonchev–Trinajstić information content (AvgIpc) is 2.49. The fourth-order valence-electron chi connectivity index (χ4n) is 2.35. The van der Waals surface area contributed by atoms with Crippen molar-refractivity contribution >= 4 is 34.8 Å². The van der Waals surface area contributed by atoms with Gasteiger partial charge in [0.15, 0.2) is 0 Å². The summed E-state index contributed by atoms with van der Waals surface area (Å²) < 4.78 is 0. The zero-order chi connectivity index (χ0) is 13.9. The van der Waals surface area contributed by atoms with Crippen LogP contribution < -0.4 is 9.80 Å². The minimum Gasteiger partial charge on any atom is -0.352 e. The van der Waals surface area contributed by atoms with Gasteiger partial charge in [-0.3, -0.25) is 0 Å². The molecule has 0 aliphatic carbocycles. The summed E-state index contributed by atoms with van der Waals surface area (Å²) in [6, 6.07) is 7.42. The second-order valence-corrected chi connectivity index (χ2v) is 5.41. The molecule has 0 radical (unpaired) electrons. The third-order valence-electron chi connectivity index (χ3n) is 3.36. The van der Waals surface area contributed by atoms with E-state index in [0.717, 1.165) is 37.8 Å². The lowest BCUT2D eigenvalue weighted by atomic mass is 10.3. The number of hydrogen-bond donors (Lipinski definition) is 0. The average molecular weight is 309 g/mol. The summed E-state index contributed by atoms with van der Waals surface area (Å²) in [4.78, 5) is 13.1. The highest BCUT2D eigenvalue weighted by molar-refractivity contribution is 6.33. The van der Waals surface area contributed by atoms with Gasteiger partial charge in [-0.15, -0.1) is 0 Å². The van der Waals surface area contributed by atoms with Crippen molar-refractivity contribution in [3.05, 3.63) is 46.7 Å². The Bertz CT molecular complexity index is 544. The standard InChI is InChI=1S/C14H14Cl2N4/c15-11-3-1-5-17-13(11)19-7-9-20(10-8-19)14-12(16)4-2-6-18-14/h1-6H,7-10H2. The monoisotopic (exact) mass is 308 g/mol. The van der Waals surface area contributed by atoms with Crippen LogP contribution in [0.3, 0.4) is 0 Å². The molecular formula is C14H14Cl2N4. The van der Waals surface area contributed by atoms with Gasteiger partial charge >= 0.3 is 0 Å². The lowest BCUT2D eigenvalue weighted by molar-refractivity contribution is 0.642. The molecule has 3 rings (SSSR count). The van der Waals surface area contributed by atoms with E-state index in [4.69, 9.17) is 23.2 Å². The Kier molecular flexibility index (Phi) is 3.94. The second-order valence-electron chi connectivity index (χ2n) is 4.59. The Morgan fingerprint density at radius 1 is 0.750 bits per heavy atom. The summed E-state index contributed by atoms with van der Waals surface area (Å²) in [5, 5.41) is 1.38. The molecule has 1 fully saturated rings. The van der Waals surface area contributed by atoms with E-state index in [1.54, 1.807) is 12.4 Å². The molecule has 0 atom stereocenters. The highest BCUT2D eigenvalue weighted by atomic mass is 35.5. The summed E-state index contributed by atoms with van der Waals surface area (Å²) in [7, 11) is 0. The topological polar surface area (TPSA) is 32.3 Å². The first-order chi connectivity index (χ1) is 9.75. The quantitative estimate of drug-likeness (QED) is 0.853. The van der Waals surface area contributed by atoms with E-state index >= 15 is 0 Å². The van der Waals surface area contributed by atoms with Crippen LogP contribution in [0.5, 0.6) is 0 Å². The predicted molar refractivity (Wildman–Crippen MR) is 82.9 cm³/mol. The molecule has 2 aromatic heterocycles. The van der Waals surface area contributed by atoms with Gasteiger partial charge in [0.1, 0.15) is 11.6 Å². The number of hydrogen-bond acceptors (Lipinski definition) is 4. The first-order valence-electron chi connectivity index (χ1n) is 6.46. The van der Waals surface area contributed by atoms with E-state index in [-0.39, 0.29) is 0 Å². The normalized spacial score (nSPS) is 15.5. The molecule has 3 heterocycles. The number of piperazine rings is 1. The molecule has 0 amide bonds. The van der Waals surface area contributed by atoms with Crippen LogP contribution in [0.15, 0.2) is 36.7 Å². The Morgan fingerprint density at radius 3 is 1.50 bits per heavy atom. The third kappa shape index (κ3) is 2.67. The summed E-state index contributed by atoms with van der Waals surface area (Å²) in [6.45, 7) is 3.40. The number of rotatable bonds is 2. The zero-order valence-corrected chi connectivity index (χ0v) is 12.3. The molecule has 0 bridgehead atoms. The molecule has 6 heteroatoms. The lowest BCUT2D eigenvalue weighted by Gasteiger charge is -2.36. The van der Waals surface area contributed by atoms with Crippen molar-refractivity contribution < 1.29 is 0 Å². The number of pyridine rings is 2. The van der Waals surface area contributed by atoms with Gasteiger partial charge in [-0.25, -0.2) is 9.97 Å². The molecule has 2 aromatic rings. The van der Waals surface area contributed by atoms with Crippen LogP contribution in [0.2, 0.25) is 10.0 Å². The first kappa shape index (κ1) is 13.5. The SMILES string of the molecule is Clc1cccnc1N1CCN(c2ncccc2Cl)CC1. The largest absolute Gasteiger partial charge is 0.352 e. The van der Waals surface area contributed by atoms with Gasteiger partial charge in [0, 0.05) is 38.6 Å². The lowest BCUT2D eigenvalue weighted by Crippen LogP contribution is -2.47. The Balaban J connectivity index is 1.72. The maximum atomic E-state index is 6.18. The molecule has 104 valence electrons. The van der Waals surface area contributed by atoms with E-state index in [1.807, 2.05) is 24.3 Å². The Hall–Kier alpha value is -1.52. The van der Waals surface area contributed by atoms with Crippen molar-refractivity contribution in [2.45, 2.75) is 0 Å². The van der Waals surface area contributed by atoms with Gasteiger partial charge in [-0.1, -0.05) is 23.2 Å². The summed E-state index contributed by atoms with van der Waals surface area (Å²) in [5.74, 6) is 1.70. The Morgan fingerprint density at radius 2 is 1.15 bits per heavy atom. The molecule has 1 saturated heterocycles. The van der Waals surface area contributed by atoms with E-state index in [1.165, 1.54) is 0 Å². The summed E-state index contributed by atoms with van der Waals surface area (Å²) in [6.07, 6.45) is 3.53. The van der Waals surface area contributed by atoms with Crippen LogP contribution >= 0.6 is 23.2 Å². The highest BCUT2D eigenvalue weighted by Gasteiger charge is 2.21. The Labute approximate surface area is 128 Å². The van der Waals surface area contributed by atoms with Gasteiger partial charge in [0.25, 0.3) is 0 Å². The van der Waals surface area contributed by atoms with E-state index in [0.29, 0.717) is 10.0 Å². The van der Waals surface area contributed by atoms with Crippen LogP contribution in [-0.2, 0) is 0 Å². The summed E-state index contributed by atoms with van der Waals surface area (Å²) >= 11 is 12.4. The van der Waals surface area contributed by atoms with Crippen molar-refractivity contribution in [3.63, 3.8) is 0 Å². The number of anilines is 2. The van der Waals surface area contributed by atoms with Gasteiger partial charge in [-0.2, -0.15) is 0 Å². The van der Waals surface area contributed by atoms with Crippen molar-refractivity contribution in [1.82, 2.24) is 9.97 Å². The molecule has 0 unspecified atom stereocenters. The molecular weight excluding hydrogens is 295 g/mol. The maximum absolute atomic E-state index is 6.18. The first-order valence-corrected chi connectivity index (χ1v) is 7.22. The van der Waals surface area contributed by atoms with Crippen LogP contribution in [0.1, 0.15) is 0 Å². The zero-order valence-electron chi connectivity index (χ0n) is 10.8. The molecule has 20 heavy (non-hydrogen) atoms. The van der Waals surface area contributed by atoms with Crippen molar-refractivity contribution in [2.24, 2.45) is 0 Å². The van der Waals surface area contributed by atoms with E-state index in [9.17, 15) is 0 Å². The predicted octanol–water partition coefficient (Wildman–Crippen LogP) is 3.11. The molecule has 4 nitrogen and oxygen atoms in total. The molecule has 0 N–H and O–H groups in total. The van der Waals surface area contributed by atoms with Crippen LogP contribution in [0.4, 0.5) is 11.6 Å². The molecule has 0 spiro atoms. The molecule has 0 aromatic carbocycles. The summed E-state index contributed by atoms with van der Waals surface area (Å²) in [5.41, 5.74) is 0. The van der Waals surface area contributed by atoms with Crippen molar-refractivity contribution in [2.75, 3.05) is 36.0 Å². The smallest absolute Gasteiger partial charge is 0.147 e. The molecule has 1 aliphatic heterocycles. The third-order valence-corrected chi connectivity index (χ3v) is 3.95. The van der Waals surface area contributed by atoms with Crippen LogP contribution in [0.25, 0.3) is 0 Å². The van der Waals surface area contributed by atoms with Gasteiger partial charge in [0.2, 0.25) is 0 Å². The van der Waals surface area contributed by atoms with E-state index in [2.05, 4.69) is 19.8 Å². The molecule has 0 saturated carbocycles. The number of nitrogens with zero attached hydrogens (tertiary/aromatic N) is 4. The van der Waals surface area contributed by atoms with Crippen LogP contribution in [-0.4, -0.2) is 36.1 Å². The van der Waals surface area contributed by atoms with Gasteiger partial charge < -0.3 is 9.80 Å². The minimum atomic E-state index is 0.691. The maximum Gasteiger partial charge on any atom is 0.147 e. The minimum absolute atomic E-state index is 0.691. The van der Waals surface area contributed by atoms with Crippen molar-refractivity contribution in [3.8, 4) is 0 Å². The van der Waals surface area contributed by atoms with Crippen LogP contribution in [0, 0.1) is 0 Å².